The number of nitrogen functional groups attached to an aromatic ring is 1. The highest BCUT2D eigenvalue weighted by molar-refractivity contribution is 5.75. The van der Waals surface area contributed by atoms with Crippen molar-refractivity contribution >= 4 is 11.7 Å². The predicted molar refractivity (Wildman–Crippen MR) is 73.0 cm³/mol. The van der Waals surface area contributed by atoms with Gasteiger partial charge in [0, 0.05) is 12.7 Å². The summed E-state index contributed by atoms with van der Waals surface area (Å²) in [7, 11) is 0. The number of hydrogen-bond donors (Lipinski definition) is 2. The summed E-state index contributed by atoms with van der Waals surface area (Å²) in [6.07, 6.45) is 9.10. The van der Waals surface area contributed by atoms with Crippen LogP contribution in [-0.2, 0) is 11.3 Å². The average Bonchev–Trinajstić information content (AvgIpc) is 2.73. The fourth-order valence-electron chi connectivity index (χ4n) is 1.80. The van der Waals surface area contributed by atoms with Crippen molar-refractivity contribution in [2.75, 3.05) is 12.3 Å². The van der Waals surface area contributed by atoms with Crippen LogP contribution in [0.25, 0.3) is 0 Å². The number of carbonyl (C=O) groups is 1. The number of nitrogens with zero attached hydrogens (tertiary/aromatic N) is 2. The van der Waals surface area contributed by atoms with E-state index >= 15 is 0 Å². The molecule has 0 saturated carbocycles. The molecule has 0 saturated heterocycles. The monoisotopic (exact) mass is 252 g/mol. The van der Waals surface area contributed by atoms with Crippen LogP contribution in [0.5, 0.6) is 0 Å². The van der Waals surface area contributed by atoms with E-state index in [-0.39, 0.29) is 12.5 Å². The van der Waals surface area contributed by atoms with Crippen LogP contribution in [0.3, 0.4) is 0 Å². The quantitative estimate of drug-likeness (QED) is 0.660. The Morgan fingerprint density at radius 2 is 2.06 bits per heavy atom. The van der Waals surface area contributed by atoms with E-state index in [0.717, 1.165) is 13.0 Å². The zero-order valence-corrected chi connectivity index (χ0v) is 11.2. The van der Waals surface area contributed by atoms with Crippen molar-refractivity contribution in [2.45, 2.75) is 52.0 Å². The lowest BCUT2D eigenvalue weighted by molar-refractivity contribution is -0.121. The minimum Gasteiger partial charge on any atom is -0.382 e. The molecule has 1 rings (SSSR count). The van der Waals surface area contributed by atoms with Crippen molar-refractivity contribution in [3.05, 3.63) is 12.3 Å². The number of unbranched alkanes of at least 4 members (excludes halogenated alkanes) is 5. The molecular weight excluding hydrogens is 228 g/mol. The Kier molecular flexibility index (Phi) is 6.91. The van der Waals surface area contributed by atoms with E-state index in [1.54, 1.807) is 16.9 Å². The van der Waals surface area contributed by atoms with Crippen molar-refractivity contribution in [3.63, 3.8) is 0 Å². The number of amides is 1. The molecule has 18 heavy (non-hydrogen) atoms. The summed E-state index contributed by atoms with van der Waals surface area (Å²) in [6, 6.07) is 1.68. The minimum absolute atomic E-state index is 0.00772. The van der Waals surface area contributed by atoms with Crippen molar-refractivity contribution in [1.82, 2.24) is 15.1 Å². The number of anilines is 1. The van der Waals surface area contributed by atoms with Gasteiger partial charge in [-0.25, -0.2) is 0 Å². The summed E-state index contributed by atoms with van der Waals surface area (Å²) in [6.45, 7) is 3.21. The van der Waals surface area contributed by atoms with Crippen molar-refractivity contribution in [1.29, 1.82) is 0 Å². The van der Waals surface area contributed by atoms with Crippen LogP contribution in [0, 0.1) is 0 Å². The predicted octanol–water partition coefficient (Wildman–Crippen LogP) is 1.94. The molecule has 3 N–H and O–H groups in total. The summed E-state index contributed by atoms with van der Waals surface area (Å²) in [4.78, 5) is 11.5. The highest BCUT2D eigenvalue weighted by atomic mass is 16.2. The van der Waals surface area contributed by atoms with E-state index in [0.29, 0.717) is 5.82 Å². The summed E-state index contributed by atoms with van der Waals surface area (Å²) >= 11 is 0. The minimum atomic E-state index is -0.00772. The molecular formula is C13H24N4O. The summed E-state index contributed by atoms with van der Waals surface area (Å²) in [5.41, 5.74) is 5.47. The highest BCUT2D eigenvalue weighted by Crippen LogP contribution is 2.04. The Morgan fingerprint density at radius 1 is 1.33 bits per heavy atom. The van der Waals surface area contributed by atoms with E-state index in [9.17, 15) is 4.79 Å². The molecule has 102 valence electrons. The molecule has 0 radical (unpaired) electrons. The van der Waals surface area contributed by atoms with Gasteiger partial charge in [-0.15, -0.1) is 0 Å². The topological polar surface area (TPSA) is 72.9 Å². The third kappa shape index (κ3) is 6.27. The molecule has 0 aromatic carbocycles. The Labute approximate surface area is 109 Å². The van der Waals surface area contributed by atoms with E-state index < -0.39 is 0 Å². The van der Waals surface area contributed by atoms with Gasteiger partial charge in [-0.05, 0) is 12.5 Å². The van der Waals surface area contributed by atoms with E-state index in [2.05, 4.69) is 17.3 Å². The van der Waals surface area contributed by atoms with E-state index in [1.165, 1.54) is 32.1 Å². The molecule has 0 unspecified atom stereocenters. The van der Waals surface area contributed by atoms with E-state index in [1.807, 2.05) is 0 Å². The zero-order chi connectivity index (χ0) is 13.2. The maximum Gasteiger partial charge on any atom is 0.241 e. The number of carbonyl (C=O) groups excluding carboxylic acids is 1. The van der Waals surface area contributed by atoms with Crippen LogP contribution in [0.4, 0.5) is 5.82 Å². The van der Waals surface area contributed by atoms with Gasteiger partial charge in [0.25, 0.3) is 0 Å². The second-order valence-electron chi connectivity index (χ2n) is 4.56. The molecule has 0 aliphatic heterocycles. The maximum absolute atomic E-state index is 11.5. The first-order valence-electron chi connectivity index (χ1n) is 6.78. The second-order valence-corrected chi connectivity index (χ2v) is 4.56. The van der Waals surface area contributed by atoms with Crippen LogP contribution >= 0.6 is 0 Å². The molecule has 1 aromatic rings. The Balaban J connectivity index is 2.00. The van der Waals surface area contributed by atoms with Crippen molar-refractivity contribution in [2.24, 2.45) is 0 Å². The first kappa shape index (κ1) is 14.5. The number of hydrogen-bond acceptors (Lipinski definition) is 3. The lowest BCUT2D eigenvalue weighted by atomic mass is 10.1. The Bertz CT molecular complexity index is 349. The third-order valence-electron chi connectivity index (χ3n) is 2.82. The molecule has 1 amide bonds. The Morgan fingerprint density at radius 3 is 2.72 bits per heavy atom. The first-order valence-corrected chi connectivity index (χ1v) is 6.78. The molecule has 0 fully saturated rings. The summed E-state index contributed by atoms with van der Waals surface area (Å²) in [5, 5.41) is 6.85. The zero-order valence-electron chi connectivity index (χ0n) is 11.2. The van der Waals surface area contributed by atoms with Gasteiger partial charge in [-0.1, -0.05) is 39.0 Å². The summed E-state index contributed by atoms with van der Waals surface area (Å²) < 4.78 is 1.55. The van der Waals surface area contributed by atoms with Gasteiger partial charge in [0.1, 0.15) is 12.4 Å². The molecule has 5 heteroatoms. The fraction of sp³-hybridized carbons (Fsp3) is 0.692. The number of aromatic nitrogens is 2. The van der Waals surface area contributed by atoms with Crippen molar-refractivity contribution in [3.8, 4) is 0 Å². The van der Waals surface area contributed by atoms with Gasteiger partial charge < -0.3 is 11.1 Å². The van der Waals surface area contributed by atoms with Gasteiger partial charge in [-0.2, -0.15) is 5.10 Å². The first-order chi connectivity index (χ1) is 8.72. The normalized spacial score (nSPS) is 10.5. The van der Waals surface area contributed by atoms with Crippen LogP contribution < -0.4 is 11.1 Å². The van der Waals surface area contributed by atoms with Crippen LogP contribution in [0.15, 0.2) is 12.3 Å². The lowest BCUT2D eigenvalue weighted by Crippen LogP contribution is -2.28. The number of nitrogens with two attached hydrogens (primary N) is 1. The van der Waals surface area contributed by atoms with Gasteiger partial charge in [-0.3, -0.25) is 9.48 Å². The largest absolute Gasteiger partial charge is 0.382 e. The molecule has 1 aromatic heterocycles. The molecule has 0 atom stereocenters. The third-order valence-corrected chi connectivity index (χ3v) is 2.82. The number of rotatable bonds is 9. The lowest BCUT2D eigenvalue weighted by Gasteiger charge is -2.05. The molecule has 0 aliphatic rings. The standard InChI is InChI=1S/C13H24N4O/c1-2-3-4-5-6-7-9-15-13(18)11-17-10-8-12(14)16-17/h8,10H,2-7,9,11H2,1H3,(H2,14,16)(H,15,18). The van der Waals surface area contributed by atoms with Crippen LogP contribution in [0.2, 0.25) is 0 Å². The maximum atomic E-state index is 11.5. The molecule has 1 heterocycles. The highest BCUT2D eigenvalue weighted by Gasteiger charge is 2.02. The van der Waals surface area contributed by atoms with Gasteiger partial charge in [0.05, 0.1) is 0 Å². The van der Waals surface area contributed by atoms with Crippen molar-refractivity contribution < 1.29 is 4.79 Å². The molecule has 0 aliphatic carbocycles. The Hall–Kier alpha value is -1.52. The molecule has 0 spiro atoms. The molecule has 5 nitrogen and oxygen atoms in total. The smallest absolute Gasteiger partial charge is 0.241 e. The SMILES string of the molecule is CCCCCCCCNC(=O)Cn1ccc(N)n1. The van der Waals surface area contributed by atoms with Gasteiger partial charge in [0.15, 0.2) is 0 Å². The second kappa shape index (κ2) is 8.55. The van der Waals surface area contributed by atoms with Crippen LogP contribution in [0.1, 0.15) is 45.4 Å². The molecule has 0 bridgehead atoms. The van der Waals surface area contributed by atoms with E-state index in [4.69, 9.17) is 5.73 Å². The summed E-state index contributed by atoms with van der Waals surface area (Å²) in [5.74, 6) is 0.436. The van der Waals surface area contributed by atoms with Gasteiger partial charge >= 0.3 is 0 Å². The average molecular weight is 252 g/mol. The van der Waals surface area contributed by atoms with Gasteiger partial charge in [0.2, 0.25) is 5.91 Å². The fourth-order valence-corrected chi connectivity index (χ4v) is 1.80. The van der Waals surface area contributed by atoms with Crippen LogP contribution in [-0.4, -0.2) is 22.2 Å². The number of nitrogens with one attached hydrogen (secondary N) is 1.